The van der Waals surface area contributed by atoms with Gasteiger partial charge in [0.05, 0.1) is 0 Å². The van der Waals surface area contributed by atoms with Crippen LogP contribution in [0.2, 0.25) is 0 Å². The average Bonchev–Trinajstić information content (AvgIpc) is 2.70. The Morgan fingerprint density at radius 2 is 1.54 bits per heavy atom. The molecule has 6 heteroatoms. The third kappa shape index (κ3) is 5.71. The Labute approximate surface area is 176 Å². The molecule has 28 heavy (non-hydrogen) atoms. The summed E-state index contributed by atoms with van der Waals surface area (Å²) in [6, 6.07) is 20.2. The molecule has 2 aromatic carbocycles. The van der Waals surface area contributed by atoms with Crippen molar-refractivity contribution in [2.75, 3.05) is 0 Å². The Morgan fingerprint density at radius 1 is 1.00 bits per heavy atom. The van der Waals surface area contributed by atoms with E-state index in [1.54, 1.807) is 0 Å². The average molecular weight is 422 g/mol. The molecule has 1 fully saturated rings. The van der Waals surface area contributed by atoms with Crippen molar-refractivity contribution >= 4 is 29.2 Å². The Morgan fingerprint density at radius 3 is 2.04 bits per heavy atom. The number of hydrogen-bond donors (Lipinski definition) is 1. The third-order valence-corrected chi connectivity index (χ3v) is 5.49. The minimum Gasteiger partial charge on any atom is -0.458 e. The predicted octanol–water partition coefficient (Wildman–Crippen LogP) is 4.32. The molecule has 1 saturated carbocycles. The maximum absolute atomic E-state index is 11.8. The van der Waals surface area contributed by atoms with E-state index >= 15 is 0 Å². The normalized spacial score (nSPS) is 22.4. The van der Waals surface area contributed by atoms with E-state index in [-0.39, 0.29) is 6.04 Å². The van der Waals surface area contributed by atoms with Gasteiger partial charge in [0.2, 0.25) is 4.84 Å². The highest BCUT2D eigenvalue weighted by atomic mass is 35.5. The number of ether oxygens (including phenoxy) is 1. The first-order chi connectivity index (χ1) is 13.5. The second-order valence-electron chi connectivity index (χ2n) is 7.14. The molecule has 0 aromatic heterocycles. The van der Waals surface area contributed by atoms with E-state index in [4.69, 9.17) is 27.9 Å². The van der Waals surface area contributed by atoms with E-state index in [1.807, 2.05) is 36.4 Å². The molecule has 0 radical (unpaired) electrons. The lowest BCUT2D eigenvalue weighted by molar-refractivity contribution is -0.160. The van der Waals surface area contributed by atoms with Crippen molar-refractivity contribution in [1.29, 1.82) is 0 Å². The largest absolute Gasteiger partial charge is 0.458 e. The summed E-state index contributed by atoms with van der Waals surface area (Å²) >= 11 is 11.2. The number of rotatable bonds is 7. The van der Waals surface area contributed by atoms with Crippen molar-refractivity contribution < 1.29 is 14.6 Å². The Balaban J connectivity index is 1.78. The number of esters is 1. The number of aliphatic hydroxyl groups excluding tert-OH is 1. The summed E-state index contributed by atoms with van der Waals surface area (Å²) < 4.78 is 5.37. The standard InChI is InChI=1S/C22H25Cl2NO3/c23-21(24)22(27)28-19-13-7-12-18(20(19)26)25(14-16-8-3-1-4-9-16)15-17-10-5-2-6-11-17/h1-6,8-11,18-21,26H,7,12-15H2/t18-,19-,20-/m1/s1. The zero-order chi connectivity index (χ0) is 19.9. The minimum atomic E-state index is -1.24. The lowest BCUT2D eigenvalue weighted by Gasteiger charge is -2.41. The van der Waals surface area contributed by atoms with Gasteiger partial charge in [-0.1, -0.05) is 83.9 Å². The van der Waals surface area contributed by atoms with Crippen LogP contribution in [0, 0.1) is 0 Å². The number of hydrogen-bond acceptors (Lipinski definition) is 4. The van der Waals surface area contributed by atoms with Gasteiger partial charge >= 0.3 is 5.97 Å². The first-order valence-corrected chi connectivity index (χ1v) is 10.4. The highest BCUT2D eigenvalue weighted by Gasteiger charge is 2.38. The van der Waals surface area contributed by atoms with Crippen LogP contribution in [0.5, 0.6) is 0 Å². The number of nitrogens with zero attached hydrogens (tertiary/aromatic N) is 1. The molecule has 0 saturated heterocycles. The number of benzene rings is 2. The lowest BCUT2D eigenvalue weighted by Crippen LogP contribution is -2.52. The maximum atomic E-state index is 11.8. The number of aliphatic hydroxyl groups is 1. The smallest absolute Gasteiger partial charge is 0.339 e. The van der Waals surface area contributed by atoms with Gasteiger partial charge in [-0.15, -0.1) is 0 Å². The summed E-state index contributed by atoms with van der Waals surface area (Å²) in [6.45, 7) is 1.40. The summed E-state index contributed by atoms with van der Waals surface area (Å²) in [6.07, 6.45) is 0.904. The molecule has 2 aromatic rings. The fourth-order valence-corrected chi connectivity index (χ4v) is 3.87. The second-order valence-corrected chi connectivity index (χ2v) is 8.24. The molecule has 0 unspecified atom stereocenters. The predicted molar refractivity (Wildman–Crippen MR) is 111 cm³/mol. The molecular formula is C22H25Cl2NO3. The fourth-order valence-electron chi connectivity index (χ4n) is 3.77. The van der Waals surface area contributed by atoms with E-state index in [2.05, 4.69) is 29.2 Å². The van der Waals surface area contributed by atoms with Gasteiger partial charge in [0.1, 0.15) is 12.2 Å². The number of alkyl halides is 2. The summed E-state index contributed by atoms with van der Waals surface area (Å²) in [5.74, 6) is -0.703. The fraction of sp³-hybridized carbons (Fsp3) is 0.409. The van der Waals surface area contributed by atoms with E-state index in [1.165, 1.54) is 11.1 Å². The molecular weight excluding hydrogens is 397 g/mol. The first-order valence-electron chi connectivity index (χ1n) is 9.53. The van der Waals surface area contributed by atoms with Crippen LogP contribution in [-0.4, -0.2) is 39.1 Å². The summed E-state index contributed by atoms with van der Waals surface area (Å²) in [7, 11) is 0. The quantitative estimate of drug-likeness (QED) is 0.534. The summed E-state index contributed by atoms with van der Waals surface area (Å²) in [4.78, 5) is 12.8. The van der Waals surface area contributed by atoms with Crippen LogP contribution < -0.4 is 0 Å². The van der Waals surface area contributed by atoms with Crippen LogP contribution in [0.4, 0.5) is 0 Å². The first kappa shape index (κ1) is 21.1. The van der Waals surface area contributed by atoms with E-state index < -0.39 is 23.0 Å². The molecule has 1 aliphatic carbocycles. The number of carbonyl (C=O) groups is 1. The zero-order valence-corrected chi connectivity index (χ0v) is 17.1. The molecule has 3 rings (SSSR count). The van der Waals surface area contributed by atoms with Crippen LogP contribution in [0.3, 0.4) is 0 Å². The van der Waals surface area contributed by atoms with Crippen LogP contribution >= 0.6 is 23.2 Å². The second kappa shape index (κ2) is 10.3. The van der Waals surface area contributed by atoms with Crippen LogP contribution in [0.25, 0.3) is 0 Å². The number of carbonyl (C=O) groups excluding carboxylic acids is 1. The molecule has 0 spiro atoms. The van der Waals surface area contributed by atoms with Crippen molar-refractivity contribution in [3.63, 3.8) is 0 Å². The van der Waals surface area contributed by atoms with Gasteiger partial charge in [-0.25, -0.2) is 4.79 Å². The molecule has 1 N–H and O–H groups in total. The van der Waals surface area contributed by atoms with Crippen molar-refractivity contribution in [3.8, 4) is 0 Å². The van der Waals surface area contributed by atoms with E-state index in [9.17, 15) is 9.90 Å². The Bertz CT molecular complexity index is 700. The third-order valence-electron chi connectivity index (χ3n) is 5.14. The number of halogens is 2. The van der Waals surface area contributed by atoms with Crippen LogP contribution in [0.15, 0.2) is 60.7 Å². The van der Waals surface area contributed by atoms with Crippen LogP contribution in [-0.2, 0) is 22.6 Å². The lowest BCUT2D eigenvalue weighted by atomic mass is 9.88. The molecule has 0 bridgehead atoms. The van der Waals surface area contributed by atoms with E-state index in [0.717, 1.165) is 12.8 Å². The molecule has 0 heterocycles. The SMILES string of the molecule is O=C(O[C@@H]1CCC[C@@H](N(Cc2ccccc2)Cc2ccccc2)[C@H]1O)C(Cl)Cl. The zero-order valence-electron chi connectivity index (χ0n) is 15.6. The van der Waals surface area contributed by atoms with Gasteiger partial charge in [-0.3, -0.25) is 4.90 Å². The monoisotopic (exact) mass is 421 g/mol. The van der Waals surface area contributed by atoms with Gasteiger partial charge in [-0.2, -0.15) is 0 Å². The molecule has 150 valence electrons. The molecule has 3 atom stereocenters. The Hall–Kier alpha value is -1.59. The van der Waals surface area contributed by atoms with Gasteiger partial charge in [-0.05, 0) is 30.4 Å². The highest BCUT2D eigenvalue weighted by Crippen LogP contribution is 2.29. The molecule has 1 aliphatic rings. The van der Waals surface area contributed by atoms with Gasteiger partial charge in [0, 0.05) is 19.1 Å². The van der Waals surface area contributed by atoms with Crippen molar-refractivity contribution in [1.82, 2.24) is 4.90 Å². The van der Waals surface area contributed by atoms with E-state index in [0.29, 0.717) is 19.5 Å². The molecule has 0 aliphatic heterocycles. The summed E-state index contributed by atoms with van der Waals surface area (Å²) in [5, 5.41) is 11.0. The highest BCUT2D eigenvalue weighted by molar-refractivity contribution is 6.52. The van der Waals surface area contributed by atoms with Crippen molar-refractivity contribution in [2.45, 2.75) is 55.4 Å². The molecule has 0 amide bonds. The van der Waals surface area contributed by atoms with Gasteiger partial charge in [0.25, 0.3) is 0 Å². The van der Waals surface area contributed by atoms with Crippen molar-refractivity contribution in [2.24, 2.45) is 0 Å². The van der Waals surface area contributed by atoms with Gasteiger partial charge < -0.3 is 9.84 Å². The topological polar surface area (TPSA) is 49.8 Å². The maximum Gasteiger partial charge on any atom is 0.339 e. The van der Waals surface area contributed by atoms with Crippen molar-refractivity contribution in [3.05, 3.63) is 71.8 Å². The summed E-state index contributed by atoms with van der Waals surface area (Å²) in [5.41, 5.74) is 2.35. The molecule has 4 nitrogen and oxygen atoms in total. The van der Waals surface area contributed by atoms with Crippen LogP contribution in [0.1, 0.15) is 30.4 Å². The Kier molecular flexibility index (Phi) is 7.74. The van der Waals surface area contributed by atoms with Gasteiger partial charge in [0.15, 0.2) is 0 Å². The minimum absolute atomic E-state index is 0.129.